The molecule has 0 aliphatic carbocycles. The van der Waals surface area contributed by atoms with Crippen LogP contribution in [0.2, 0.25) is 0 Å². The molecule has 2 aromatic carbocycles. The maximum absolute atomic E-state index is 12.4. The fourth-order valence-electron chi connectivity index (χ4n) is 2.97. The molecule has 1 fully saturated rings. The van der Waals surface area contributed by atoms with Crippen LogP contribution in [0, 0.1) is 11.3 Å². The molecular weight excluding hydrogens is 462 g/mol. The minimum atomic E-state index is -0.496. The van der Waals surface area contributed by atoms with Gasteiger partial charge in [-0.2, -0.15) is 5.26 Å². The molecule has 0 aromatic heterocycles. The summed E-state index contributed by atoms with van der Waals surface area (Å²) < 4.78 is 11.8. The van der Waals surface area contributed by atoms with Crippen LogP contribution >= 0.6 is 15.9 Å². The molecule has 8 heteroatoms. The van der Waals surface area contributed by atoms with E-state index in [4.69, 9.17) is 9.47 Å². The topological polar surface area (TPSA) is 100 Å². The number of carbonyl (C=O) groups excluding carboxylic acids is 2. The monoisotopic (exact) mass is 483 g/mol. The average Bonchev–Trinajstić information content (AvgIpc) is 3.29. The molecule has 1 aliphatic heterocycles. The predicted molar refractivity (Wildman–Crippen MR) is 120 cm³/mol. The fraction of sp³-hybridized carbons (Fsp3) is 0.261. The summed E-state index contributed by atoms with van der Waals surface area (Å²) in [5.41, 5.74) is 1.22. The molecule has 1 atom stereocenters. The zero-order chi connectivity index (χ0) is 22.1. The van der Waals surface area contributed by atoms with Gasteiger partial charge in [-0.25, -0.2) is 0 Å². The number of rotatable bonds is 8. The Morgan fingerprint density at radius 1 is 1.26 bits per heavy atom. The van der Waals surface area contributed by atoms with Gasteiger partial charge in [-0.15, -0.1) is 0 Å². The van der Waals surface area contributed by atoms with Gasteiger partial charge >= 0.3 is 0 Å². The Labute approximate surface area is 189 Å². The van der Waals surface area contributed by atoms with Gasteiger partial charge in [-0.05, 0) is 54.8 Å². The van der Waals surface area contributed by atoms with Crippen LogP contribution in [-0.2, 0) is 14.3 Å². The molecule has 2 N–H and O–H groups in total. The molecule has 2 aromatic rings. The lowest BCUT2D eigenvalue weighted by atomic mass is 10.1. The quantitative estimate of drug-likeness (QED) is 0.440. The number of halogens is 1. The Bertz CT molecular complexity index is 993. The lowest BCUT2D eigenvalue weighted by Gasteiger charge is -2.11. The highest BCUT2D eigenvalue weighted by molar-refractivity contribution is 9.10. The van der Waals surface area contributed by atoms with Gasteiger partial charge in [0.1, 0.15) is 17.4 Å². The average molecular weight is 484 g/mol. The molecule has 1 saturated heterocycles. The summed E-state index contributed by atoms with van der Waals surface area (Å²) in [7, 11) is 0. The molecule has 2 amide bonds. The number of hydrogen-bond acceptors (Lipinski definition) is 5. The standard InChI is InChI=1S/C23H22BrN3O4/c24-18-3-1-4-19(12-18)27-23(29)17(13-25)11-16-6-8-20(9-7-16)31-15-22(28)26-14-21-5-2-10-30-21/h1,3-4,6-9,11-12,21H,2,5,10,14-15H2,(H,26,28)(H,27,29)/b17-11+/t21-/m1/s1. The van der Waals surface area contributed by atoms with E-state index in [1.807, 2.05) is 12.1 Å². The Hall–Kier alpha value is -3.15. The largest absolute Gasteiger partial charge is 0.484 e. The van der Waals surface area contributed by atoms with Crippen LogP contribution in [0.5, 0.6) is 5.75 Å². The molecule has 0 radical (unpaired) electrons. The van der Waals surface area contributed by atoms with Crippen LogP contribution in [0.15, 0.2) is 58.6 Å². The summed E-state index contributed by atoms with van der Waals surface area (Å²) in [4.78, 5) is 24.3. The van der Waals surface area contributed by atoms with Gasteiger partial charge in [0.25, 0.3) is 11.8 Å². The molecule has 7 nitrogen and oxygen atoms in total. The van der Waals surface area contributed by atoms with E-state index in [1.165, 1.54) is 6.08 Å². The van der Waals surface area contributed by atoms with Crippen molar-refractivity contribution in [3.8, 4) is 11.8 Å². The molecule has 31 heavy (non-hydrogen) atoms. The van der Waals surface area contributed by atoms with Crippen molar-refractivity contribution in [2.24, 2.45) is 0 Å². The first-order chi connectivity index (χ1) is 15.0. The summed E-state index contributed by atoms with van der Waals surface area (Å²) in [6.07, 6.45) is 3.56. The van der Waals surface area contributed by atoms with E-state index < -0.39 is 5.91 Å². The van der Waals surface area contributed by atoms with Crippen molar-refractivity contribution in [3.63, 3.8) is 0 Å². The molecule has 160 valence electrons. The number of nitriles is 1. The summed E-state index contributed by atoms with van der Waals surface area (Å²) in [5.74, 6) is -0.194. The highest BCUT2D eigenvalue weighted by Crippen LogP contribution is 2.18. The summed E-state index contributed by atoms with van der Waals surface area (Å²) in [6, 6.07) is 15.8. The maximum atomic E-state index is 12.4. The van der Waals surface area contributed by atoms with E-state index in [0.29, 0.717) is 23.5 Å². The SMILES string of the molecule is N#C/C(=C\c1ccc(OCC(=O)NC[C@H]2CCCO2)cc1)C(=O)Nc1cccc(Br)c1. The van der Waals surface area contributed by atoms with Gasteiger partial charge < -0.3 is 20.1 Å². The first-order valence-corrected chi connectivity index (χ1v) is 10.6. The number of anilines is 1. The maximum Gasteiger partial charge on any atom is 0.266 e. The zero-order valence-electron chi connectivity index (χ0n) is 16.8. The van der Waals surface area contributed by atoms with E-state index in [-0.39, 0.29) is 24.2 Å². The zero-order valence-corrected chi connectivity index (χ0v) is 18.4. The number of ether oxygens (including phenoxy) is 2. The smallest absolute Gasteiger partial charge is 0.266 e. The van der Waals surface area contributed by atoms with Crippen LogP contribution in [0.1, 0.15) is 18.4 Å². The van der Waals surface area contributed by atoms with E-state index >= 15 is 0 Å². The molecule has 1 heterocycles. The van der Waals surface area contributed by atoms with E-state index in [0.717, 1.165) is 23.9 Å². The first kappa shape index (κ1) is 22.5. The van der Waals surface area contributed by atoms with Gasteiger partial charge in [0.15, 0.2) is 6.61 Å². The van der Waals surface area contributed by atoms with E-state index in [9.17, 15) is 14.9 Å². The Kier molecular flexibility index (Phi) is 8.21. The summed E-state index contributed by atoms with van der Waals surface area (Å²) in [5, 5.41) is 14.8. The van der Waals surface area contributed by atoms with Crippen molar-refractivity contribution in [3.05, 3.63) is 64.1 Å². The number of carbonyl (C=O) groups is 2. The number of hydrogen-bond donors (Lipinski definition) is 2. The van der Waals surface area contributed by atoms with Gasteiger partial charge in [-0.1, -0.05) is 34.1 Å². The lowest BCUT2D eigenvalue weighted by molar-refractivity contribution is -0.123. The summed E-state index contributed by atoms with van der Waals surface area (Å²) in [6.45, 7) is 1.14. The number of benzene rings is 2. The normalized spacial score (nSPS) is 15.7. The van der Waals surface area contributed by atoms with Crippen molar-refractivity contribution in [1.82, 2.24) is 5.32 Å². The number of nitrogens with zero attached hydrogens (tertiary/aromatic N) is 1. The minimum Gasteiger partial charge on any atom is -0.484 e. The van der Waals surface area contributed by atoms with Gasteiger partial charge in [-0.3, -0.25) is 9.59 Å². The molecule has 0 spiro atoms. The first-order valence-electron chi connectivity index (χ1n) is 9.83. The van der Waals surface area contributed by atoms with Crippen molar-refractivity contribution >= 4 is 39.5 Å². The van der Waals surface area contributed by atoms with Crippen molar-refractivity contribution in [2.75, 3.05) is 25.1 Å². The third-order valence-electron chi connectivity index (χ3n) is 4.56. The lowest BCUT2D eigenvalue weighted by Crippen LogP contribution is -2.35. The Balaban J connectivity index is 1.51. The van der Waals surface area contributed by atoms with Crippen LogP contribution in [0.4, 0.5) is 5.69 Å². The van der Waals surface area contributed by atoms with Crippen molar-refractivity contribution in [1.29, 1.82) is 5.26 Å². The summed E-state index contributed by atoms with van der Waals surface area (Å²) >= 11 is 3.34. The van der Waals surface area contributed by atoms with Crippen LogP contribution in [-0.4, -0.2) is 37.7 Å². The molecule has 0 bridgehead atoms. The number of nitrogens with one attached hydrogen (secondary N) is 2. The van der Waals surface area contributed by atoms with Crippen LogP contribution in [0.25, 0.3) is 6.08 Å². The van der Waals surface area contributed by atoms with Crippen LogP contribution < -0.4 is 15.4 Å². The minimum absolute atomic E-state index is 0.0258. The van der Waals surface area contributed by atoms with Gasteiger partial charge in [0, 0.05) is 23.3 Å². The molecule has 0 saturated carbocycles. The number of amides is 2. The Morgan fingerprint density at radius 3 is 2.74 bits per heavy atom. The molecule has 0 unspecified atom stereocenters. The second-order valence-electron chi connectivity index (χ2n) is 6.93. The van der Waals surface area contributed by atoms with Gasteiger partial charge in [0.2, 0.25) is 0 Å². The van der Waals surface area contributed by atoms with E-state index in [2.05, 4.69) is 26.6 Å². The highest BCUT2D eigenvalue weighted by atomic mass is 79.9. The third-order valence-corrected chi connectivity index (χ3v) is 5.05. The van der Waals surface area contributed by atoms with Crippen molar-refractivity contribution in [2.45, 2.75) is 18.9 Å². The van der Waals surface area contributed by atoms with Gasteiger partial charge in [0.05, 0.1) is 6.10 Å². The predicted octanol–water partition coefficient (Wildman–Crippen LogP) is 3.67. The Morgan fingerprint density at radius 2 is 2.06 bits per heavy atom. The second kappa shape index (κ2) is 11.3. The van der Waals surface area contributed by atoms with E-state index in [1.54, 1.807) is 42.5 Å². The third kappa shape index (κ3) is 7.24. The fourth-order valence-corrected chi connectivity index (χ4v) is 3.37. The highest BCUT2D eigenvalue weighted by Gasteiger charge is 2.16. The second-order valence-corrected chi connectivity index (χ2v) is 7.85. The molecule has 3 rings (SSSR count). The molecular formula is C23H22BrN3O4. The van der Waals surface area contributed by atoms with Crippen molar-refractivity contribution < 1.29 is 19.1 Å². The molecule has 1 aliphatic rings. The van der Waals surface area contributed by atoms with Crippen LogP contribution in [0.3, 0.4) is 0 Å².